The van der Waals surface area contributed by atoms with E-state index in [1.54, 1.807) is 25.1 Å². The molecule has 4 nitrogen and oxygen atoms in total. The summed E-state index contributed by atoms with van der Waals surface area (Å²) in [4.78, 5) is 12.6. The first-order valence-electron chi connectivity index (χ1n) is 8.49. The maximum Gasteiger partial charge on any atom is 0.257 e. The zero-order valence-corrected chi connectivity index (χ0v) is 16.5. The van der Waals surface area contributed by atoms with Crippen LogP contribution in [0.2, 0.25) is 5.02 Å². The van der Waals surface area contributed by atoms with Gasteiger partial charge in [-0.3, -0.25) is 4.79 Å². The number of carbonyl (C=O) groups is 1. The minimum absolute atomic E-state index is 0.0279. The number of halogens is 3. The Labute approximate surface area is 170 Å². The van der Waals surface area contributed by atoms with Crippen molar-refractivity contribution in [1.29, 1.82) is 0 Å². The van der Waals surface area contributed by atoms with Crippen molar-refractivity contribution in [3.05, 3.63) is 76.0 Å². The number of amides is 1. The normalized spacial score (nSPS) is 10.9. The van der Waals surface area contributed by atoms with Crippen molar-refractivity contribution in [2.45, 2.75) is 12.7 Å². The average Bonchev–Trinajstić information content (AvgIpc) is 3.04. The van der Waals surface area contributed by atoms with Crippen LogP contribution in [0.5, 0.6) is 0 Å². The number of benzene rings is 2. The Morgan fingerprint density at radius 1 is 1.18 bits per heavy atom. The van der Waals surface area contributed by atoms with Gasteiger partial charge in [-0.05, 0) is 30.7 Å². The summed E-state index contributed by atoms with van der Waals surface area (Å²) in [5.74, 6) is 0.0942. The highest BCUT2D eigenvalue weighted by Crippen LogP contribution is 2.33. The number of aryl methyl sites for hydroxylation is 1. The Hall–Kier alpha value is -2.38. The van der Waals surface area contributed by atoms with Gasteiger partial charge in [-0.1, -0.05) is 41.0 Å². The van der Waals surface area contributed by atoms with Crippen LogP contribution in [-0.2, 0) is 5.75 Å². The zero-order chi connectivity index (χ0) is 20.1. The standard InChI is InChI=1S/C20H17ClF2N2O2S/c1-12-17(19(25-27-12)18-14(21)6-4-8-16(18)23)20(26)24-9-10-28-11-13-5-2-3-7-15(13)22/h2-8H,9-11H2,1H3,(H,24,26). The highest BCUT2D eigenvalue weighted by Gasteiger charge is 2.25. The van der Waals surface area contributed by atoms with Gasteiger partial charge in [-0.25, -0.2) is 8.78 Å². The van der Waals surface area contributed by atoms with Gasteiger partial charge < -0.3 is 9.84 Å². The number of hydrogen-bond donors (Lipinski definition) is 1. The summed E-state index contributed by atoms with van der Waals surface area (Å²) in [6, 6.07) is 10.8. The van der Waals surface area contributed by atoms with E-state index in [9.17, 15) is 13.6 Å². The summed E-state index contributed by atoms with van der Waals surface area (Å²) in [6.07, 6.45) is 0. The van der Waals surface area contributed by atoms with E-state index in [1.165, 1.54) is 36.0 Å². The molecule has 0 aliphatic carbocycles. The minimum Gasteiger partial charge on any atom is -0.360 e. The molecule has 146 valence electrons. The van der Waals surface area contributed by atoms with Crippen LogP contribution in [0.4, 0.5) is 8.78 Å². The van der Waals surface area contributed by atoms with Gasteiger partial charge in [0.2, 0.25) is 0 Å². The summed E-state index contributed by atoms with van der Waals surface area (Å²) in [7, 11) is 0. The van der Waals surface area contributed by atoms with Crippen LogP contribution in [0.25, 0.3) is 11.3 Å². The van der Waals surface area contributed by atoms with E-state index in [-0.39, 0.29) is 33.4 Å². The second-order valence-electron chi connectivity index (χ2n) is 5.96. The third kappa shape index (κ3) is 4.54. The van der Waals surface area contributed by atoms with Crippen molar-refractivity contribution in [2.75, 3.05) is 12.3 Å². The molecule has 1 amide bonds. The molecule has 0 atom stereocenters. The first kappa shape index (κ1) is 20.4. The number of nitrogens with one attached hydrogen (secondary N) is 1. The third-order valence-corrected chi connectivity index (χ3v) is 5.36. The summed E-state index contributed by atoms with van der Waals surface area (Å²) in [5, 5.41) is 6.71. The second-order valence-corrected chi connectivity index (χ2v) is 7.47. The van der Waals surface area contributed by atoms with Crippen molar-refractivity contribution in [3.8, 4) is 11.3 Å². The van der Waals surface area contributed by atoms with E-state index >= 15 is 0 Å². The van der Waals surface area contributed by atoms with Crippen LogP contribution >= 0.6 is 23.4 Å². The lowest BCUT2D eigenvalue weighted by Gasteiger charge is -2.08. The highest BCUT2D eigenvalue weighted by atomic mass is 35.5. The lowest BCUT2D eigenvalue weighted by molar-refractivity contribution is 0.0955. The predicted octanol–water partition coefficient (Wildman–Crippen LogP) is 5.24. The van der Waals surface area contributed by atoms with Gasteiger partial charge in [0.1, 0.15) is 28.7 Å². The zero-order valence-electron chi connectivity index (χ0n) is 15.0. The van der Waals surface area contributed by atoms with Gasteiger partial charge in [0, 0.05) is 18.1 Å². The molecule has 2 aromatic carbocycles. The lowest BCUT2D eigenvalue weighted by atomic mass is 10.0. The van der Waals surface area contributed by atoms with E-state index in [0.717, 1.165) is 0 Å². The number of thioether (sulfide) groups is 1. The van der Waals surface area contributed by atoms with Gasteiger partial charge in [-0.15, -0.1) is 0 Å². The quantitative estimate of drug-likeness (QED) is 0.529. The number of nitrogens with zero attached hydrogens (tertiary/aromatic N) is 1. The first-order chi connectivity index (χ1) is 13.5. The number of hydrogen-bond acceptors (Lipinski definition) is 4. The summed E-state index contributed by atoms with van der Waals surface area (Å²) in [6.45, 7) is 1.93. The molecule has 0 aliphatic rings. The Morgan fingerprint density at radius 3 is 2.68 bits per heavy atom. The topological polar surface area (TPSA) is 55.1 Å². The lowest BCUT2D eigenvalue weighted by Crippen LogP contribution is -2.26. The molecule has 0 spiro atoms. The third-order valence-electron chi connectivity index (χ3n) is 4.04. The average molecular weight is 423 g/mol. The fourth-order valence-electron chi connectivity index (χ4n) is 2.66. The molecular formula is C20H17ClF2N2O2S. The van der Waals surface area contributed by atoms with Crippen molar-refractivity contribution >= 4 is 29.3 Å². The summed E-state index contributed by atoms with van der Waals surface area (Å²) in [5.41, 5.74) is 0.855. The van der Waals surface area contributed by atoms with Crippen LogP contribution in [0, 0.1) is 18.6 Å². The molecule has 0 radical (unpaired) electrons. The molecular weight excluding hydrogens is 406 g/mol. The first-order valence-corrected chi connectivity index (χ1v) is 10.0. The van der Waals surface area contributed by atoms with Gasteiger partial charge >= 0.3 is 0 Å². The number of rotatable bonds is 7. The second kappa shape index (κ2) is 9.21. The summed E-state index contributed by atoms with van der Waals surface area (Å²) < 4.78 is 32.9. The molecule has 0 saturated heterocycles. The van der Waals surface area contributed by atoms with E-state index in [1.807, 2.05) is 0 Å². The van der Waals surface area contributed by atoms with Crippen LogP contribution in [-0.4, -0.2) is 23.4 Å². The minimum atomic E-state index is -0.588. The van der Waals surface area contributed by atoms with Crippen LogP contribution in [0.1, 0.15) is 21.7 Å². The Kier molecular flexibility index (Phi) is 6.70. The van der Waals surface area contributed by atoms with E-state index in [0.29, 0.717) is 23.6 Å². The molecule has 1 N–H and O–H groups in total. The van der Waals surface area contributed by atoms with E-state index in [4.69, 9.17) is 16.1 Å². The van der Waals surface area contributed by atoms with Gasteiger partial charge in [0.25, 0.3) is 5.91 Å². The maximum atomic E-state index is 14.2. The van der Waals surface area contributed by atoms with Crippen molar-refractivity contribution in [1.82, 2.24) is 10.5 Å². The van der Waals surface area contributed by atoms with E-state index < -0.39 is 11.7 Å². The molecule has 1 aromatic heterocycles. The Balaban J connectivity index is 1.62. The molecule has 1 heterocycles. The van der Waals surface area contributed by atoms with Crippen molar-refractivity contribution < 1.29 is 18.1 Å². The maximum absolute atomic E-state index is 14.2. The predicted molar refractivity (Wildman–Crippen MR) is 107 cm³/mol. The molecule has 28 heavy (non-hydrogen) atoms. The van der Waals surface area contributed by atoms with Crippen LogP contribution in [0.3, 0.4) is 0 Å². The Bertz CT molecular complexity index is 974. The molecule has 0 aliphatic heterocycles. The van der Waals surface area contributed by atoms with Gasteiger partial charge in [-0.2, -0.15) is 11.8 Å². The highest BCUT2D eigenvalue weighted by molar-refractivity contribution is 7.98. The molecule has 0 saturated carbocycles. The molecule has 3 aromatic rings. The fraction of sp³-hybridized carbons (Fsp3) is 0.200. The molecule has 3 rings (SSSR count). The smallest absolute Gasteiger partial charge is 0.257 e. The Morgan fingerprint density at radius 2 is 1.93 bits per heavy atom. The van der Waals surface area contributed by atoms with Crippen molar-refractivity contribution in [3.63, 3.8) is 0 Å². The summed E-state index contributed by atoms with van der Waals surface area (Å²) >= 11 is 7.57. The van der Waals surface area contributed by atoms with Crippen LogP contribution < -0.4 is 5.32 Å². The fourth-order valence-corrected chi connectivity index (χ4v) is 3.75. The van der Waals surface area contributed by atoms with Crippen molar-refractivity contribution in [2.24, 2.45) is 0 Å². The van der Waals surface area contributed by atoms with Gasteiger partial charge in [0.15, 0.2) is 0 Å². The number of aromatic nitrogens is 1. The number of carbonyl (C=O) groups excluding carboxylic acids is 1. The van der Waals surface area contributed by atoms with Gasteiger partial charge in [0.05, 0.1) is 10.6 Å². The molecule has 0 unspecified atom stereocenters. The SMILES string of the molecule is Cc1onc(-c2c(F)cccc2Cl)c1C(=O)NCCSCc1ccccc1F. The molecule has 0 fully saturated rings. The van der Waals surface area contributed by atoms with E-state index in [2.05, 4.69) is 10.5 Å². The molecule has 0 bridgehead atoms. The monoisotopic (exact) mass is 422 g/mol. The van der Waals surface area contributed by atoms with Crippen LogP contribution in [0.15, 0.2) is 47.0 Å². The largest absolute Gasteiger partial charge is 0.360 e. The molecule has 8 heteroatoms.